The average Bonchev–Trinajstić information content (AvgIpc) is 3.43. The molecule has 3 aromatic rings. The normalized spacial score (nSPS) is 19.3. The zero-order chi connectivity index (χ0) is 22.1. The highest BCUT2D eigenvalue weighted by Crippen LogP contribution is 2.32. The van der Waals surface area contributed by atoms with Gasteiger partial charge in [-0.05, 0) is 26.8 Å². The molecule has 3 aromatic heterocycles. The molecule has 10 heteroatoms. The van der Waals surface area contributed by atoms with Crippen molar-refractivity contribution in [3.8, 4) is 18.0 Å². The van der Waals surface area contributed by atoms with E-state index in [0.717, 1.165) is 5.39 Å². The minimum atomic E-state index is -0.451. The molecule has 31 heavy (non-hydrogen) atoms. The topological polar surface area (TPSA) is 127 Å². The van der Waals surface area contributed by atoms with E-state index in [0.29, 0.717) is 42.1 Å². The van der Waals surface area contributed by atoms with Crippen molar-refractivity contribution < 1.29 is 9.47 Å². The first kappa shape index (κ1) is 20.6. The van der Waals surface area contributed by atoms with E-state index in [2.05, 4.69) is 39.4 Å². The molecule has 1 unspecified atom stereocenters. The van der Waals surface area contributed by atoms with Gasteiger partial charge in [0, 0.05) is 17.5 Å². The Kier molecular flexibility index (Phi) is 5.49. The molecule has 0 radical (unpaired) electrons. The predicted molar refractivity (Wildman–Crippen MR) is 113 cm³/mol. The fraction of sp³-hybridized carbons (Fsp3) is 0.476. The first-order valence-electron chi connectivity index (χ1n) is 10.2. The Hall–Kier alpha value is -3.63. The summed E-state index contributed by atoms with van der Waals surface area (Å²) in [4.78, 5) is 9.09. The van der Waals surface area contributed by atoms with Gasteiger partial charge in [0.05, 0.1) is 37.6 Å². The number of aromatic nitrogens is 5. The van der Waals surface area contributed by atoms with E-state index in [1.807, 2.05) is 18.4 Å². The summed E-state index contributed by atoms with van der Waals surface area (Å²) in [6.45, 7) is 8.85. The van der Waals surface area contributed by atoms with E-state index < -0.39 is 6.04 Å². The van der Waals surface area contributed by atoms with Crippen molar-refractivity contribution in [1.82, 2.24) is 24.3 Å². The molecule has 1 aliphatic heterocycles. The SMILES string of the molecule is CC(C)Oc1nn(C(C)C#N)cc1Nc1ncc2cc(C#N)n([C@@H]3COC[C@@H]3C)c2n1. The highest BCUT2D eigenvalue weighted by atomic mass is 16.5. The third kappa shape index (κ3) is 3.90. The first-order chi connectivity index (χ1) is 14.9. The van der Waals surface area contributed by atoms with Crippen LogP contribution in [0.1, 0.15) is 45.5 Å². The minimum absolute atomic E-state index is 0.0361. The molecule has 0 amide bonds. The van der Waals surface area contributed by atoms with Gasteiger partial charge in [-0.3, -0.25) is 0 Å². The summed E-state index contributed by atoms with van der Waals surface area (Å²) in [5.41, 5.74) is 1.76. The number of fused-ring (bicyclic) bond motifs is 1. The number of nitrogens with zero attached hydrogens (tertiary/aromatic N) is 7. The fourth-order valence-electron chi connectivity index (χ4n) is 3.62. The van der Waals surface area contributed by atoms with Crippen LogP contribution in [0.4, 0.5) is 11.6 Å². The van der Waals surface area contributed by atoms with E-state index in [1.54, 1.807) is 25.4 Å². The van der Waals surface area contributed by atoms with Crippen molar-refractivity contribution in [3.05, 3.63) is 24.2 Å². The van der Waals surface area contributed by atoms with Gasteiger partial charge in [0.25, 0.3) is 5.88 Å². The summed E-state index contributed by atoms with van der Waals surface area (Å²) >= 11 is 0. The number of hydrogen-bond donors (Lipinski definition) is 1. The molecule has 1 saturated heterocycles. The lowest BCUT2D eigenvalue weighted by Gasteiger charge is -2.17. The number of ether oxygens (including phenoxy) is 2. The highest BCUT2D eigenvalue weighted by molar-refractivity contribution is 5.79. The van der Waals surface area contributed by atoms with E-state index in [9.17, 15) is 10.5 Å². The summed E-state index contributed by atoms with van der Waals surface area (Å²) in [5, 5.41) is 27.2. The third-order valence-corrected chi connectivity index (χ3v) is 5.22. The second-order valence-corrected chi connectivity index (χ2v) is 7.99. The Labute approximate surface area is 180 Å². The molecular formula is C21H24N8O2. The molecule has 0 aliphatic carbocycles. The Balaban J connectivity index is 1.74. The monoisotopic (exact) mass is 420 g/mol. The van der Waals surface area contributed by atoms with E-state index in [4.69, 9.17) is 9.47 Å². The lowest BCUT2D eigenvalue weighted by Crippen LogP contribution is -2.17. The van der Waals surface area contributed by atoms with Crippen molar-refractivity contribution in [1.29, 1.82) is 10.5 Å². The van der Waals surface area contributed by atoms with Gasteiger partial charge in [0.1, 0.15) is 29.1 Å². The van der Waals surface area contributed by atoms with E-state index in [-0.39, 0.29) is 18.1 Å². The maximum Gasteiger partial charge on any atom is 0.257 e. The van der Waals surface area contributed by atoms with Crippen molar-refractivity contribution >= 4 is 22.7 Å². The quantitative estimate of drug-likeness (QED) is 0.643. The summed E-state index contributed by atoms with van der Waals surface area (Å²) in [7, 11) is 0. The van der Waals surface area contributed by atoms with Gasteiger partial charge in [0.2, 0.25) is 5.95 Å². The molecule has 1 fully saturated rings. The van der Waals surface area contributed by atoms with Gasteiger partial charge in [0.15, 0.2) is 0 Å². The highest BCUT2D eigenvalue weighted by Gasteiger charge is 2.29. The van der Waals surface area contributed by atoms with Gasteiger partial charge >= 0.3 is 0 Å². The molecule has 3 atom stereocenters. The Morgan fingerprint density at radius 3 is 2.74 bits per heavy atom. The molecule has 1 aliphatic rings. The van der Waals surface area contributed by atoms with Crippen molar-refractivity contribution in [2.45, 2.75) is 45.9 Å². The molecule has 0 aromatic carbocycles. The average molecular weight is 420 g/mol. The molecule has 160 valence electrons. The van der Waals surface area contributed by atoms with E-state index in [1.165, 1.54) is 4.68 Å². The second-order valence-electron chi connectivity index (χ2n) is 7.99. The summed E-state index contributed by atoms with van der Waals surface area (Å²) in [5.74, 6) is 0.984. The zero-order valence-corrected chi connectivity index (χ0v) is 17.9. The Morgan fingerprint density at radius 2 is 2.10 bits per heavy atom. The molecule has 0 saturated carbocycles. The Morgan fingerprint density at radius 1 is 1.29 bits per heavy atom. The standard InChI is InChI=1S/C21H24N8O2/c1-12(2)31-20-17(9-28(27-20)14(4)6-22)25-21-24-8-15-5-16(7-23)29(19(15)26-21)18-11-30-10-13(18)3/h5,8-9,12-14,18H,10-11H2,1-4H3,(H,24,25,26)/t13-,14?,18+/m0/s1. The van der Waals surface area contributed by atoms with Crippen LogP contribution in [0.3, 0.4) is 0 Å². The van der Waals surface area contributed by atoms with Crippen LogP contribution in [-0.4, -0.2) is 43.6 Å². The summed E-state index contributed by atoms with van der Waals surface area (Å²) in [6, 6.07) is 5.80. The maximum absolute atomic E-state index is 9.64. The van der Waals surface area contributed by atoms with Gasteiger partial charge in [-0.1, -0.05) is 6.92 Å². The van der Waals surface area contributed by atoms with Crippen LogP contribution >= 0.6 is 0 Å². The fourth-order valence-corrected chi connectivity index (χ4v) is 3.62. The lowest BCUT2D eigenvalue weighted by molar-refractivity contribution is 0.182. The number of nitrogens with one attached hydrogen (secondary N) is 1. The van der Waals surface area contributed by atoms with Crippen molar-refractivity contribution in [3.63, 3.8) is 0 Å². The smallest absolute Gasteiger partial charge is 0.257 e. The van der Waals surface area contributed by atoms with Crippen molar-refractivity contribution in [2.24, 2.45) is 5.92 Å². The predicted octanol–water partition coefficient (Wildman–Crippen LogP) is 3.32. The largest absolute Gasteiger partial charge is 0.472 e. The molecule has 4 rings (SSSR count). The number of hydrogen-bond acceptors (Lipinski definition) is 8. The maximum atomic E-state index is 9.64. The molecule has 0 spiro atoms. The van der Waals surface area contributed by atoms with Crippen molar-refractivity contribution in [2.75, 3.05) is 18.5 Å². The first-order valence-corrected chi connectivity index (χ1v) is 10.2. The van der Waals surface area contributed by atoms with E-state index >= 15 is 0 Å². The molecule has 0 bridgehead atoms. The van der Waals surface area contributed by atoms with Gasteiger partial charge in [-0.2, -0.15) is 15.5 Å². The second kappa shape index (κ2) is 8.25. The number of rotatable bonds is 6. The number of nitriles is 2. The lowest BCUT2D eigenvalue weighted by atomic mass is 10.1. The molecule has 10 nitrogen and oxygen atoms in total. The van der Waals surface area contributed by atoms with Crippen LogP contribution in [0.15, 0.2) is 18.5 Å². The van der Waals surface area contributed by atoms with Crippen LogP contribution < -0.4 is 10.1 Å². The molecule has 4 heterocycles. The minimum Gasteiger partial charge on any atom is -0.472 e. The third-order valence-electron chi connectivity index (χ3n) is 5.22. The summed E-state index contributed by atoms with van der Waals surface area (Å²) < 4.78 is 14.9. The molecular weight excluding hydrogens is 396 g/mol. The van der Waals surface area contributed by atoms with Crippen LogP contribution in [0.5, 0.6) is 5.88 Å². The van der Waals surface area contributed by atoms with Gasteiger partial charge in [-0.25, -0.2) is 9.67 Å². The number of anilines is 2. The van der Waals surface area contributed by atoms with Crippen LogP contribution in [0.2, 0.25) is 0 Å². The van der Waals surface area contributed by atoms with Crippen LogP contribution in [0, 0.1) is 28.6 Å². The summed E-state index contributed by atoms with van der Waals surface area (Å²) in [6.07, 6.45) is 3.29. The van der Waals surface area contributed by atoms with Crippen LogP contribution in [-0.2, 0) is 4.74 Å². The Bertz CT molecular complexity index is 1180. The van der Waals surface area contributed by atoms with Crippen LogP contribution in [0.25, 0.3) is 11.0 Å². The van der Waals surface area contributed by atoms with Gasteiger partial charge in [-0.15, -0.1) is 5.10 Å². The molecule has 1 N–H and O–H groups in total. The zero-order valence-electron chi connectivity index (χ0n) is 17.9. The van der Waals surface area contributed by atoms with Gasteiger partial charge < -0.3 is 19.4 Å².